The number of thiazole rings is 1. The first-order valence-electron chi connectivity index (χ1n) is 8.71. The third-order valence-electron chi connectivity index (χ3n) is 4.49. The van der Waals surface area contributed by atoms with E-state index in [4.69, 9.17) is 4.74 Å². The van der Waals surface area contributed by atoms with Crippen LogP contribution in [0.1, 0.15) is 12.8 Å². The average Bonchev–Trinajstić information content (AvgIpc) is 3.07. The number of nitrogens with one attached hydrogen (secondary N) is 1. The van der Waals surface area contributed by atoms with Crippen molar-refractivity contribution in [2.45, 2.75) is 18.9 Å². The normalized spacial score (nSPS) is 15.0. The highest BCUT2D eigenvalue weighted by Gasteiger charge is 2.25. The summed E-state index contributed by atoms with van der Waals surface area (Å²) in [6.45, 7) is 0.956. The van der Waals surface area contributed by atoms with Crippen LogP contribution in [0.3, 0.4) is 0 Å². The Kier molecular flexibility index (Phi) is 5.08. The number of carbonyl (C=O) groups is 1. The van der Waals surface area contributed by atoms with Gasteiger partial charge in [-0.2, -0.15) is 4.98 Å². The van der Waals surface area contributed by atoms with Crippen LogP contribution in [0.4, 0.5) is 23.7 Å². The van der Waals surface area contributed by atoms with E-state index in [-0.39, 0.29) is 28.7 Å². The molecule has 1 fully saturated rings. The van der Waals surface area contributed by atoms with Crippen molar-refractivity contribution in [2.24, 2.45) is 0 Å². The van der Waals surface area contributed by atoms with Gasteiger partial charge in [0, 0.05) is 37.7 Å². The number of hydrogen-bond donors (Lipinski definition) is 1. The summed E-state index contributed by atoms with van der Waals surface area (Å²) in [5.74, 6) is -1.73. The lowest BCUT2D eigenvalue weighted by Crippen LogP contribution is -2.43. The van der Waals surface area contributed by atoms with E-state index < -0.39 is 11.6 Å². The number of anilines is 1. The summed E-state index contributed by atoms with van der Waals surface area (Å²) in [5, 5.41) is 3.01. The van der Waals surface area contributed by atoms with Gasteiger partial charge >= 0.3 is 6.03 Å². The molecular weight excluding hydrogens is 391 g/mol. The summed E-state index contributed by atoms with van der Waals surface area (Å²) in [5.41, 5.74) is 0.617. The smallest absolute Gasteiger partial charge is 0.321 e. The van der Waals surface area contributed by atoms with Gasteiger partial charge in [0.2, 0.25) is 0 Å². The van der Waals surface area contributed by atoms with Crippen molar-refractivity contribution in [1.82, 2.24) is 9.88 Å². The van der Waals surface area contributed by atoms with Crippen molar-refractivity contribution in [1.29, 1.82) is 0 Å². The molecule has 0 spiro atoms. The van der Waals surface area contributed by atoms with Crippen molar-refractivity contribution in [3.63, 3.8) is 0 Å². The molecule has 1 aliphatic heterocycles. The highest BCUT2D eigenvalue weighted by molar-refractivity contribution is 7.20. The van der Waals surface area contributed by atoms with Gasteiger partial charge in [0.15, 0.2) is 5.82 Å². The molecule has 5 nitrogen and oxygen atoms in total. The minimum atomic E-state index is -0.714. The van der Waals surface area contributed by atoms with Crippen molar-refractivity contribution >= 4 is 33.3 Å². The maximum Gasteiger partial charge on any atom is 0.321 e. The van der Waals surface area contributed by atoms with Gasteiger partial charge in [0.05, 0.1) is 4.70 Å². The van der Waals surface area contributed by atoms with Crippen LogP contribution in [0.25, 0.3) is 10.2 Å². The third kappa shape index (κ3) is 4.04. The van der Waals surface area contributed by atoms with Crippen LogP contribution in [0.2, 0.25) is 0 Å². The summed E-state index contributed by atoms with van der Waals surface area (Å²) >= 11 is 1.09. The van der Waals surface area contributed by atoms with E-state index in [9.17, 15) is 18.0 Å². The van der Waals surface area contributed by atoms with Crippen LogP contribution in [-0.4, -0.2) is 35.1 Å². The van der Waals surface area contributed by atoms with Crippen LogP contribution < -0.4 is 10.1 Å². The van der Waals surface area contributed by atoms with Gasteiger partial charge in [0.25, 0.3) is 5.19 Å². The number of aromatic nitrogens is 1. The Morgan fingerprint density at radius 1 is 1.11 bits per heavy atom. The summed E-state index contributed by atoms with van der Waals surface area (Å²) in [6.07, 6.45) is 1.01. The Hall–Kier alpha value is -2.81. The van der Waals surface area contributed by atoms with E-state index in [2.05, 4.69) is 10.3 Å². The Labute approximate surface area is 162 Å². The molecule has 2 amide bonds. The SMILES string of the molecule is O=C(Nc1ccc(F)cc1)N1CCC(Oc2nc3c(F)cc(F)cc3s2)CC1. The number of urea groups is 1. The first-order valence-corrected chi connectivity index (χ1v) is 9.53. The van der Waals surface area contributed by atoms with Gasteiger partial charge in [-0.25, -0.2) is 18.0 Å². The van der Waals surface area contributed by atoms with E-state index in [1.54, 1.807) is 4.90 Å². The van der Waals surface area contributed by atoms with Crippen molar-refractivity contribution in [3.05, 3.63) is 53.8 Å². The Morgan fingerprint density at radius 2 is 1.82 bits per heavy atom. The molecule has 2 heterocycles. The Bertz CT molecular complexity index is 1000. The fourth-order valence-electron chi connectivity index (χ4n) is 3.04. The molecule has 28 heavy (non-hydrogen) atoms. The molecule has 0 aliphatic carbocycles. The molecule has 0 bridgehead atoms. The van der Waals surface area contributed by atoms with Gasteiger partial charge < -0.3 is 15.0 Å². The van der Waals surface area contributed by atoms with E-state index in [0.29, 0.717) is 36.3 Å². The monoisotopic (exact) mass is 407 g/mol. The molecule has 1 aromatic heterocycles. The quantitative estimate of drug-likeness (QED) is 0.679. The van der Waals surface area contributed by atoms with Gasteiger partial charge in [-0.05, 0) is 30.3 Å². The van der Waals surface area contributed by atoms with E-state index in [1.165, 1.54) is 30.3 Å². The molecule has 0 atom stereocenters. The Balaban J connectivity index is 1.33. The number of benzene rings is 2. The number of piperidine rings is 1. The van der Waals surface area contributed by atoms with Crippen molar-refractivity contribution in [3.8, 4) is 5.19 Å². The lowest BCUT2D eigenvalue weighted by molar-refractivity contribution is 0.115. The topological polar surface area (TPSA) is 54.5 Å². The highest BCUT2D eigenvalue weighted by Crippen LogP contribution is 2.32. The number of likely N-dealkylation sites (tertiary alicyclic amines) is 1. The zero-order chi connectivity index (χ0) is 19.7. The molecule has 9 heteroatoms. The first-order chi connectivity index (χ1) is 13.5. The molecule has 1 aliphatic rings. The summed E-state index contributed by atoms with van der Waals surface area (Å²) in [6, 6.07) is 7.32. The van der Waals surface area contributed by atoms with Crippen molar-refractivity contribution < 1.29 is 22.7 Å². The van der Waals surface area contributed by atoms with Gasteiger partial charge in [-0.3, -0.25) is 0 Å². The van der Waals surface area contributed by atoms with Crippen molar-refractivity contribution in [2.75, 3.05) is 18.4 Å². The minimum Gasteiger partial charge on any atom is -0.467 e. The third-order valence-corrected chi connectivity index (χ3v) is 5.38. The first kappa shape index (κ1) is 18.5. The average molecular weight is 407 g/mol. The van der Waals surface area contributed by atoms with Gasteiger partial charge in [-0.15, -0.1) is 0 Å². The zero-order valence-corrected chi connectivity index (χ0v) is 15.4. The second kappa shape index (κ2) is 7.67. The lowest BCUT2D eigenvalue weighted by Gasteiger charge is -2.31. The lowest BCUT2D eigenvalue weighted by atomic mass is 10.1. The zero-order valence-electron chi connectivity index (χ0n) is 14.6. The molecule has 0 saturated carbocycles. The highest BCUT2D eigenvalue weighted by atomic mass is 32.1. The molecule has 1 N–H and O–H groups in total. The number of rotatable bonds is 3. The number of carbonyl (C=O) groups excluding carboxylic acids is 1. The second-order valence-electron chi connectivity index (χ2n) is 6.46. The van der Waals surface area contributed by atoms with E-state index in [0.717, 1.165) is 17.4 Å². The maximum absolute atomic E-state index is 13.8. The number of hydrogen-bond acceptors (Lipinski definition) is 4. The minimum absolute atomic E-state index is 0.0949. The summed E-state index contributed by atoms with van der Waals surface area (Å²) in [7, 11) is 0. The number of nitrogens with zero attached hydrogens (tertiary/aromatic N) is 2. The van der Waals surface area contributed by atoms with Crippen LogP contribution >= 0.6 is 11.3 Å². The fourth-order valence-corrected chi connectivity index (χ4v) is 3.96. The fraction of sp³-hybridized carbons (Fsp3) is 0.263. The van der Waals surface area contributed by atoms with Crippen LogP contribution in [0, 0.1) is 17.5 Å². The maximum atomic E-state index is 13.8. The van der Waals surface area contributed by atoms with Crippen LogP contribution in [-0.2, 0) is 0 Å². The molecule has 1 saturated heterocycles. The molecule has 0 radical (unpaired) electrons. The van der Waals surface area contributed by atoms with Crippen LogP contribution in [0.5, 0.6) is 5.19 Å². The van der Waals surface area contributed by atoms with E-state index in [1.807, 2.05) is 0 Å². The Morgan fingerprint density at radius 3 is 2.54 bits per heavy atom. The predicted molar refractivity (Wildman–Crippen MR) is 100 cm³/mol. The number of halogens is 3. The number of amides is 2. The largest absolute Gasteiger partial charge is 0.467 e. The molecule has 146 valence electrons. The van der Waals surface area contributed by atoms with Crippen LogP contribution in [0.15, 0.2) is 36.4 Å². The number of ether oxygens (including phenoxy) is 1. The number of fused-ring (bicyclic) bond motifs is 1. The summed E-state index contributed by atoms with van der Waals surface area (Å²) < 4.78 is 46.2. The molecule has 0 unspecified atom stereocenters. The molecular formula is C19H16F3N3O2S. The molecule has 4 rings (SSSR count). The predicted octanol–water partition coefficient (Wildman–Crippen LogP) is 4.79. The molecule has 2 aromatic carbocycles. The summed E-state index contributed by atoms with van der Waals surface area (Å²) in [4.78, 5) is 18.0. The molecule has 3 aromatic rings. The second-order valence-corrected chi connectivity index (χ2v) is 7.45. The van der Waals surface area contributed by atoms with Gasteiger partial charge in [-0.1, -0.05) is 11.3 Å². The van der Waals surface area contributed by atoms with Gasteiger partial charge in [0.1, 0.15) is 23.3 Å². The standard InChI is InChI=1S/C19H16F3N3O2S/c20-11-1-3-13(4-2-11)23-18(26)25-7-5-14(6-8-25)27-19-24-17-15(22)9-12(21)10-16(17)28-19/h1-4,9-10,14H,5-8H2,(H,23,26). The van der Waals surface area contributed by atoms with E-state index >= 15 is 0 Å².